The zero-order valence-electron chi connectivity index (χ0n) is 9.46. The number of hydrogen-bond acceptors (Lipinski definition) is 3. The number of ether oxygens (including phenoxy) is 1. The molecular formula is C11H20BrNO2. The van der Waals surface area contributed by atoms with Gasteiger partial charge in [-0.25, -0.2) is 0 Å². The lowest BCUT2D eigenvalue weighted by Gasteiger charge is -2.16. The lowest BCUT2D eigenvalue weighted by atomic mass is 9.98. The number of nitrogens with one attached hydrogen (secondary N) is 1. The fourth-order valence-electron chi connectivity index (χ4n) is 2.13. The summed E-state index contributed by atoms with van der Waals surface area (Å²) >= 11 is 3.29. The fraction of sp³-hybridized carbons (Fsp3) is 0.909. The molecule has 0 spiro atoms. The Morgan fingerprint density at radius 1 is 1.60 bits per heavy atom. The van der Waals surface area contributed by atoms with Gasteiger partial charge >= 0.3 is 5.97 Å². The largest absolute Gasteiger partial charge is 0.468 e. The van der Waals surface area contributed by atoms with Crippen molar-refractivity contribution in [3.05, 3.63) is 0 Å². The molecule has 88 valence electrons. The molecule has 15 heavy (non-hydrogen) atoms. The number of halogens is 1. The van der Waals surface area contributed by atoms with Gasteiger partial charge in [0.25, 0.3) is 0 Å². The first kappa shape index (κ1) is 13.0. The first-order valence-corrected chi connectivity index (χ1v) is 6.49. The molecular weight excluding hydrogens is 258 g/mol. The molecule has 3 unspecified atom stereocenters. The van der Waals surface area contributed by atoms with Crippen LogP contribution in [0.3, 0.4) is 0 Å². The summed E-state index contributed by atoms with van der Waals surface area (Å²) in [5.41, 5.74) is 0. The van der Waals surface area contributed by atoms with Gasteiger partial charge < -0.3 is 10.1 Å². The van der Waals surface area contributed by atoms with E-state index in [4.69, 9.17) is 0 Å². The molecule has 3 nitrogen and oxygen atoms in total. The van der Waals surface area contributed by atoms with E-state index in [-0.39, 0.29) is 10.8 Å². The lowest BCUT2D eigenvalue weighted by molar-refractivity contribution is -0.139. The van der Waals surface area contributed by atoms with Gasteiger partial charge in [0.05, 0.1) is 7.11 Å². The minimum Gasteiger partial charge on any atom is -0.468 e. The van der Waals surface area contributed by atoms with Gasteiger partial charge in [-0.05, 0) is 24.8 Å². The lowest BCUT2D eigenvalue weighted by Crippen LogP contribution is -2.33. The second-order valence-electron chi connectivity index (χ2n) is 4.32. The van der Waals surface area contributed by atoms with Crippen molar-refractivity contribution < 1.29 is 9.53 Å². The SMILES string of the molecule is COC(=O)C(Br)CNCC1CCCC1C. The molecule has 0 aromatic carbocycles. The second kappa shape index (κ2) is 6.48. The molecule has 1 aliphatic carbocycles. The number of methoxy groups -OCH3 is 1. The summed E-state index contributed by atoms with van der Waals surface area (Å²) < 4.78 is 4.63. The maximum Gasteiger partial charge on any atom is 0.320 e. The Hall–Kier alpha value is -0.0900. The average Bonchev–Trinajstić information content (AvgIpc) is 2.63. The van der Waals surface area contributed by atoms with Crippen LogP contribution in [0.4, 0.5) is 0 Å². The van der Waals surface area contributed by atoms with E-state index in [9.17, 15) is 4.79 Å². The van der Waals surface area contributed by atoms with Crippen molar-refractivity contribution in [2.75, 3.05) is 20.2 Å². The van der Waals surface area contributed by atoms with Crippen molar-refractivity contribution in [2.24, 2.45) is 11.8 Å². The Bertz CT molecular complexity index is 211. The molecule has 0 aliphatic heterocycles. The van der Waals surface area contributed by atoms with Crippen LogP contribution in [0.15, 0.2) is 0 Å². The summed E-state index contributed by atoms with van der Waals surface area (Å²) in [6.07, 6.45) is 4.02. The smallest absolute Gasteiger partial charge is 0.320 e. The van der Waals surface area contributed by atoms with Crippen LogP contribution in [0.1, 0.15) is 26.2 Å². The van der Waals surface area contributed by atoms with Crippen molar-refractivity contribution in [1.82, 2.24) is 5.32 Å². The molecule has 4 heteroatoms. The Morgan fingerprint density at radius 3 is 2.87 bits per heavy atom. The van der Waals surface area contributed by atoms with Crippen LogP contribution in [0.25, 0.3) is 0 Å². The van der Waals surface area contributed by atoms with Crippen LogP contribution in [-0.2, 0) is 9.53 Å². The van der Waals surface area contributed by atoms with Gasteiger partial charge in [0.1, 0.15) is 4.83 Å². The maximum atomic E-state index is 11.1. The molecule has 3 atom stereocenters. The van der Waals surface area contributed by atoms with E-state index < -0.39 is 0 Å². The number of hydrogen-bond donors (Lipinski definition) is 1. The molecule has 0 bridgehead atoms. The van der Waals surface area contributed by atoms with Crippen LogP contribution in [0.5, 0.6) is 0 Å². The van der Waals surface area contributed by atoms with Gasteiger partial charge in [0, 0.05) is 6.54 Å². The molecule has 1 rings (SSSR count). The molecule has 0 aromatic heterocycles. The Morgan fingerprint density at radius 2 is 2.33 bits per heavy atom. The van der Waals surface area contributed by atoms with Crippen molar-refractivity contribution >= 4 is 21.9 Å². The first-order chi connectivity index (χ1) is 7.15. The quantitative estimate of drug-likeness (QED) is 0.617. The Kier molecular flexibility index (Phi) is 5.61. The highest BCUT2D eigenvalue weighted by Gasteiger charge is 2.23. The van der Waals surface area contributed by atoms with Crippen molar-refractivity contribution in [1.29, 1.82) is 0 Å². The Labute approximate surface area is 100 Å². The zero-order chi connectivity index (χ0) is 11.3. The predicted molar refractivity (Wildman–Crippen MR) is 64.1 cm³/mol. The molecule has 0 saturated heterocycles. The molecule has 1 saturated carbocycles. The molecule has 1 aliphatic rings. The third-order valence-electron chi connectivity index (χ3n) is 3.23. The highest BCUT2D eigenvalue weighted by molar-refractivity contribution is 9.10. The minimum absolute atomic E-state index is 0.207. The zero-order valence-corrected chi connectivity index (χ0v) is 11.0. The number of esters is 1. The summed E-state index contributed by atoms with van der Waals surface area (Å²) in [4.78, 5) is 10.9. The number of carbonyl (C=O) groups is 1. The summed E-state index contributed by atoms with van der Waals surface area (Å²) in [5.74, 6) is 1.40. The molecule has 1 N–H and O–H groups in total. The van der Waals surface area contributed by atoms with Crippen LogP contribution in [0.2, 0.25) is 0 Å². The molecule has 0 radical (unpaired) electrons. The van der Waals surface area contributed by atoms with Crippen LogP contribution in [-0.4, -0.2) is 31.0 Å². The number of carbonyl (C=O) groups excluding carboxylic acids is 1. The monoisotopic (exact) mass is 277 g/mol. The molecule has 0 amide bonds. The van der Waals surface area contributed by atoms with Gasteiger partial charge in [0.15, 0.2) is 0 Å². The maximum absolute atomic E-state index is 11.1. The van der Waals surface area contributed by atoms with E-state index in [0.29, 0.717) is 6.54 Å². The summed E-state index contributed by atoms with van der Waals surface area (Å²) in [6, 6.07) is 0. The van der Waals surface area contributed by atoms with Crippen molar-refractivity contribution in [2.45, 2.75) is 31.0 Å². The van der Waals surface area contributed by atoms with Crippen LogP contribution >= 0.6 is 15.9 Å². The average molecular weight is 278 g/mol. The van der Waals surface area contributed by atoms with Gasteiger partial charge in [-0.2, -0.15) is 0 Å². The van der Waals surface area contributed by atoms with E-state index in [2.05, 4.69) is 32.9 Å². The third kappa shape index (κ3) is 4.11. The summed E-state index contributed by atoms with van der Waals surface area (Å²) in [5, 5.41) is 3.33. The normalized spacial score (nSPS) is 27.7. The predicted octanol–water partition coefficient (Wildman–Crippen LogP) is 1.95. The first-order valence-electron chi connectivity index (χ1n) is 5.57. The van der Waals surface area contributed by atoms with E-state index in [0.717, 1.165) is 18.4 Å². The fourth-order valence-corrected chi connectivity index (χ4v) is 2.55. The molecule has 1 fully saturated rings. The summed E-state index contributed by atoms with van der Waals surface area (Å²) in [6.45, 7) is 3.97. The van der Waals surface area contributed by atoms with E-state index in [1.54, 1.807) is 0 Å². The molecule has 0 aromatic rings. The topological polar surface area (TPSA) is 38.3 Å². The minimum atomic E-state index is -0.223. The van der Waals surface area contributed by atoms with Crippen LogP contribution < -0.4 is 5.32 Å². The second-order valence-corrected chi connectivity index (χ2v) is 5.42. The Balaban J connectivity index is 2.13. The molecule has 0 heterocycles. The van der Waals surface area contributed by atoms with Gasteiger partial charge in [0.2, 0.25) is 0 Å². The van der Waals surface area contributed by atoms with Gasteiger partial charge in [-0.3, -0.25) is 4.79 Å². The van der Waals surface area contributed by atoms with Crippen LogP contribution in [0, 0.1) is 11.8 Å². The van der Waals surface area contributed by atoms with E-state index in [1.807, 2.05) is 0 Å². The number of alkyl halides is 1. The highest BCUT2D eigenvalue weighted by Crippen LogP contribution is 2.30. The third-order valence-corrected chi connectivity index (χ3v) is 3.92. The van der Waals surface area contributed by atoms with E-state index in [1.165, 1.54) is 26.4 Å². The summed E-state index contributed by atoms with van der Waals surface area (Å²) in [7, 11) is 1.41. The standard InChI is InChI=1S/C11H20BrNO2/c1-8-4-3-5-9(8)6-13-7-10(12)11(14)15-2/h8-10,13H,3-7H2,1-2H3. The van der Waals surface area contributed by atoms with Crippen molar-refractivity contribution in [3.63, 3.8) is 0 Å². The van der Waals surface area contributed by atoms with Gasteiger partial charge in [-0.1, -0.05) is 35.7 Å². The van der Waals surface area contributed by atoms with Crippen molar-refractivity contribution in [3.8, 4) is 0 Å². The van der Waals surface area contributed by atoms with Gasteiger partial charge in [-0.15, -0.1) is 0 Å². The highest BCUT2D eigenvalue weighted by atomic mass is 79.9. The number of rotatable bonds is 5. The van der Waals surface area contributed by atoms with E-state index >= 15 is 0 Å².